The van der Waals surface area contributed by atoms with Gasteiger partial charge in [0.15, 0.2) is 0 Å². The van der Waals surface area contributed by atoms with Crippen LogP contribution in [-0.4, -0.2) is 0 Å². The van der Waals surface area contributed by atoms with Crippen LogP contribution >= 0.6 is 0 Å². The highest BCUT2D eigenvalue weighted by molar-refractivity contribution is 5.64. The topological polar surface area (TPSA) is 0 Å². The molecule has 0 saturated carbocycles. The number of halogens is 1. The molecule has 0 unspecified atom stereocenters. The molecule has 0 saturated heterocycles. The van der Waals surface area contributed by atoms with Crippen molar-refractivity contribution < 1.29 is 4.39 Å². The van der Waals surface area contributed by atoms with Crippen LogP contribution in [0.2, 0.25) is 0 Å². The van der Waals surface area contributed by atoms with Gasteiger partial charge >= 0.3 is 0 Å². The standard InChI is InChI=1S/C19H23F/c1-3-5-7-16-10-13-18(19(20)14-16)17-11-8-15(6-4-2)9-12-17/h8-14H,3-7H2,1-2H3. The Hall–Kier alpha value is -1.63. The van der Waals surface area contributed by atoms with Crippen LogP contribution in [0.5, 0.6) is 0 Å². The Labute approximate surface area is 121 Å². The second-order valence-corrected chi connectivity index (χ2v) is 5.36. The zero-order valence-corrected chi connectivity index (χ0v) is 12.5. The molecule has 0 fully saturated rings. The maximum Gasteiger partial charge on any atom is 0.131 e. The van der Waals surface area contributed by atoms with E-state index in [0.717, 1.165) is 43.2 Å². The Kier molecular flexibility index (Phi) is 5.34. The van der Waals surface area contributed by atoms with Gasteiger partial charge < -0.3 is 0 Å². The van der Waals surface area contributed by atoms with Crippen LogP contribution in [0.25, 0.3) is 11.1 Å². The maximum absolute atomic E-state index is 14.2. The lowest BCUT2D eigenvalue weighted by atomic mass is 9.99. The summed E-state index contributed by atoms with van der Waals surface area (Å²) in [5.74, 6) is -0.109. The molecule has 0 bridgehead atoms. The van der Waals surface area contributed by atoms with Crippen LogP contribution < -0.4 is 0 Å². The van der Waals surface area contributed by atoms with Crippen molar-refractivity contribution in [2.24, 2.45) is 0 Å². The van der Waals surface area contributed by atoms with Gasteiger partial charge in [-0.2, -0.15) is 0 Å². The van der Waals surface area contributed by atoms with Crippen molar-refractivity contribution in [1.29, 1.82) is 0 Å². The van der Waals surface area contributed by atoms with Crippen molar-refractivity contribution in [3.63, 3.8) is 0 Å². The summed E-state index contributed by atoms with van der Waals surface area (Å²) in [7, 11) is 0. The van der Waals surface area contributed by atoms with Crippen molar-refractivity contribution >= 4 is 0 Å². The molecule has 0 aliphatic carbocycles. The maximum atomic E-state index is 14.2. The zero-order valence-electron chi connectivity index (χ0n) is 12.5. The summed E-state index contributed by atoms with van der Waals surface area (Å²) in [6.45, 7) is 4.32. The molecule has 0 amide bonds. The highest BCUT2D eigenvalue weighted by atomic mass is 19.1. The second kappa shape index (κ2) is 7.23. The van der Waals surface area contributed by atoms with Crippen LogP contribution in [0.4, 0.5) is 4.39 Å². The molecular weight excluding hydrogens is 247 g/mol. The molecule has 106 valence electrons. The summed E-state index contributed by atoms with van der Waals surface area (Å²) < 4.78 is 14.2. The Morgan fingerprint density at radius 1 is 0.800 bits per heavy atom. The molecule has 0 aliphatic heterocycles. The van der Waals surface area contributed by atoms with Gasteiger partial charge in [0.2, 0.25) is 0 Å². The van der Waals surface area contributed by atoms with E-state index in [1.807, 2.05) is 24.3 Å². The lowest BCUT2D eigenvalue weighted by Gasteiger charge is -2.07. The SMILES string of the molecule is CCCCc1ccc(-c2ccc(CCC)cc2)c(F)c1. The van der Waals surface area contributed by atoms with Gasteiger partial charge in [-0.1, -0.05) is 63.1 Å². The minimum Gasteiger partial charge on any atom is -0.206 e. The van der Waals surface area contributed by atoms with Crippen molar-refractivity contribution in [3.8, 4) is 11.1 Å². The minimum absolute atomic E-state index is 0.109. The summed E-state index contributed by atoms with van der Waals surface area (Å²) in [6, 6.07) is 13.9. The molecule has 0 N–H and O–H groups in total. The molecule has 0 aliphatic rings. The first kappa shape index (κ1) is 14.8. The van der Waals surface area contributed by atoms with Gasteiger partial charge in [-0.3, -0.25) is 0 Å². The molecule has 2 rings (SSSR count). The summed E-state index contributed by atoms with van der Waals surface area (Å²) in [5.41, 5.74) is 4.07. The fourth-order valence-corrected chi connectivity index (χ4v) is 2.47. The van der Waals surface area contributed by atoms with Crippen molar-refractivity contribution in [1.82, 2.24) is 0 Å². The molecule has 0 nitrogen and oxygen atoms in total. The molecular formula is C19H23F. The summed E-state index contributed by atoms with van der Waals surface area (Å²) in [6.07, 6.45) is 5.44. The first-order chi connectivity index (χ1) is 9.74. The van der Waals surface area contributed by atoms with Gasteiger partial charge in [0.25, 0.3) is 0 Å². The number of hydrogen-bond acceptors (Lipinski definition) is 0. The van der Waals surface area contributed by atoms with E-state index >= 15 is 0 Å². The average Bonchev–Trinajstić information content (AvgIpc) is 2.47. The molecule has 2 aromatic rings. The van der Waals surface area contributed by atoms with Crippen molar-refractivity contribution in [3.05, 3.63) is 59.4 Å². The number of unbranched alkanes of at least 4 members (excludes halogenated alkanes) is 1. The Balaban J connectivity index is 2.19. The lowest BCUT2D eigenvalue weighted by Crippen LogP contribution is -1.90. The predicted octanol–water partition coefficient (Wildman–Crippen LogP) is 5.79. The van der Waals surface area contributed by atoms with E-state index in [2.05, 4.69) is 26.0 Å². The van der Waals surface area contributed by atoms with Crippen LogP contribution in [0.3, 0.4) is 0 Å². The second-order valence-electron chi connectivity index (χ2n) is 5.36. The van der Waals surface area contributed by atoms with E-state index in [-0.39, 0.29) is 5.82 Å². The van der Waals surface area contributed by atoms with E-state index in [1.165, 1.54) is 5.56 Å². The Morgan fingerprint density at radius 2 is 1.50 bits per heavy atom. The third kappa shape index (κ3) is 3.69. The van der Waals surface area contributed by atoms with Crippen molar-refractivity contribution in [2.45, 2.75) is 46.0 Å². The third-order valence-electron chi connectivity index (χ3n) is 3.66. The van der Waals surface area contributed by atoms with Crippen LogP contribution in [0.15, 0.2) is 42.5 Å². The molecule has 2 aromatic carbocycles. The van der Waals surface area contributed by atoms with Gasteiger partial charge in [-0.15, -0.1) is 0 Å². The highest BCUT2D eigenvalue weighted by Gasteiger charge is 2.06. The zero-order chi connectivity index (χ0) is 14.4. The van der Waals surface area contributed by atoms with E-state index < -0.39 is 0 Å². The lowest BCUT2D eigenvalue weighted by molar-refractivity contribution is 0.627. The van der Waals surface area contributed by atoms with Crippen LogP contribution in [-0.2, 0) is 12.8 Å². The first-order valence-electron chi connectivity index (χ1n) is 7.62. The van der Waals surface area contributed by atoms with Crippen LogP contribution in [0, 0.1) is 5.82 Å². The first-order valence-corrected chi connectivity index (χ1v) is 7.62. The molecule has 0 spiro atoms. The number of aryl methyl sites for hydroxylation is 2. The molecule has 0 heterocycles. The molecule has 0 radical (unpaired) electrons. The number of rotatable bonds is 6. The predicted molar refractivity (Wildman–Crippen MR) is 84.4 cm³/mol. The van der Waals surface area contributed by atoms with Gasteiger partial charge in [-0.25, -0.2) is 4.39 Å². The van der Waals surface area contributed by atoms with Gasteiger partial charge in [0, 0.05) is 5.56 Å². The van der Waals surface area contributed by atoms with E-state index in [0.29, 0.717) is 5.56 Å². The highest BCUT2D eigenvalue weighted by Crippen LogP contribution is 2.25. The fourth-order valence-electron chi connectivity index (χ4n) is 2.47. The minimum atomic E-state index is -0.109. The smallest absolute Gasteiger partial charge is 0.131 e. The summed E-state index contributed by atoms with van der Waals surface area (Å²) in [4.78, 5) is 0. The van der Waals surface area contributed by atoms with Crippen LogP contribution in [0.1, 0.15) is 44.2 Å². The average molecular weight is 270 g/mol. The third-order valence-corrected chi connectivity index (χ3v) is 3.66. The monoisotopic (exact) mass is 270 g/mol. The van der Waals surface area contributed by atoms with Gasteiger partial charge in [0.1, 0.15) is 5.82 Å². The quantitative estimate of drug-likeness (QED) is 0.623. The molecule has 0 atom stereocenters. The largest absolute Gasteiger partial charge is 0.206 e. The summed E-state index contributed by atoms with van der Waals surface area (Å²) in [5, 5.41) is 0. The Bertz CT molecular complexity index is 540. The fraction of sp³-hybridized carbons (Fsp3) is 0.368. The molecule has 0 aromatic heterocycles. The summed E-state index contributed by atoms with van der Waals surface area (Å²) >= 11 is 0. The van der Waals surface area contributed by atoms with Crippen molar-refractivity contribution in [2.75, 3.05) is 0 Å². The van der Waals surface area contributed by atoms with Gasteiger partial charge in [-0.05, 0) is 42.0 Å². The van der Waals surface area contributed by atoms with E-state index in [1.54, 1.807) is 6.07 Å². The molecule has 1 heteroatoms. The Morgan fingerprint density at radius 3 is 2.10 bits per heavy atom. The van der Waals surface area contributed by atoms with E-state index in [4.69, 9.17) is 0 Å². The van der Waals surface area contributed by atoms with E-state index in [9.17, 15) is 4.39 Å². The number of hydrogen-bond donors (Lipinski definition) is 0. The van der Waals surface area contributed by atoms with Gasteiger partial charge in [0.05, 0.1) is 0 Å². The normalized spacial score (nSPS) is 10.8. The molecule has 20 heavy (non-hydrogen) atoms. The number of benzene rings is 2.